The third-order valence-electron chi connectivity index (χ3n) is 9.91. The van der Waals surface area contributed by atoms with Gasteiger partial charge < -0.3 is 40.5 Å². The van der Waals surface area contributed by atoms with E-state index in [0.29, 0.717) is 12.8 Å². The second kappa shape index (κ2) is 45.3. The molecule has 0 radical (unpaired) electrons. The molecule has 0 rings (SSSR count). The maximum atomic E-state index is 11.4. The molecule has 344 valence electrons. The van der Waals surface area contributed by atoms with Crippen LogP contribution in [0.3, 0.4) is 0 Å². The van der Waals surface area contributed by atoms with Gasteiger partial charge in [-0.2, -0.15) is 0 Å². The second-order valence-electron chi connectivity index (χ2n) is 15.8. The number of unbranched alkanes of at least 4 members (excludes halogenated alkanes) is 28. The van der Waals surface area contributed by atoms with Crippen LogP contribution >= 0.6 is 0 Å². The number of aliphatic carboxylic acids is 4. The molecule has 0 aliphatic carbocycles. The molecule has 58 heavy (non-hydrogen) atoms. The van der Waals surface area contributed by atoms with Gasteiger partial charge in [-0.1, -0.05) is 194 Å². The molecule has 0 bridgehead atoms. The lowest BCUT2D eigenvalue weighted by atomic mass is 9.96. The highest BCUT2D eigenvalue weighted by molar-refractivity contribution is 5.88. The highest BCUT2D eigenvalue weighted by Gasteiger charge is 2.40. The van der Waals surface area contributed by atoms with Gasteiger partial charge in [0, 0.05) is 12.8 Å². The number of aliphatic hydroxyl groups excluding tert-OH is 2. The summed E-state index contributed by atoms with van der Waals surface area (Å²) in [6.07, 6.45) is 36.9. The standard InChI is InChI=1S/C21H42O4.C18H36O2.C6H8O7/c1-2-3-4-5-6-7-8-9-10-11-12-13-14-15-16-17-21(24)25-19-20(23)18-22;1-2-3-4-5-6-7-8-9-10-11-12-13-14-15-16-17-18(19)20;7-3(8)1-6(13,5(11)12)2-4(9)10/h20,22-23H,2-19H2,1H3;2-17H2,1H3,(H,19,20);13H,1-2H2,(H,7,8)(H,9,10)(H,11,12). The van der Waals surface area contributed by atoms with Crippen LogP contribution in [0.25, 0.3) is 0 Å². The molecule has 7 N–H and O–H groups in total. The van der Waals surface area contributed by atoms with Crippen molar-refractivity contribution in [1.82, 2.24) is 0 Å². The average molecular weight is 835 g/mol. The first-order valence-corrected chi connectivity index (χ1v) is 22.8. The summed E-state index contributed by atoms with van der Waals surface area (Å²) in [5.74, 6) is -5.95. The molecular formula is C45H86O13. The van der Waals surface area contributed by atoms with Crippen molar-refractivity contribution in [2.45, 2.75) is 244 Å². The van der Waals surface area contributed by atoms with Gasteiger partial charge in [0.05, 0.1) is 19.4 Å². The third kappa shape index (κ3) is 49.4. The van der Waals surface area contributed by atoms with Crippen LogP contribution in [-0.2, 0) is 28.7 Å². The van der Waals surface area contributed by atoms with E-state index in [1.54, 1.807) is 0 Å². The third-order valence-corrected chi connectivity index (χ3v) is 9.91. The lowest BCUT2D eigenvalue weighted by Crippen LogP contribution is -2.42. The smallest absolute Gasteiger partial charge is 0.336 e. The van der Waals surface area contributed by atoms with E-state index in [-0.39, 0.29) is 19.2 Å². The van der Waals surface area contributed by atoms with E-state index >= 15 is 0 Å². The number of rotatable bonds is 40. The van der Waals surface area contributed by atoms with Gasteiger partial charge in [-0.05, 0) is 12.8 Å². The summed E-state index contributed by atoms with van der Waals surface area (Å²) in [4.78, 5) is 52.2. The molecule has 0 fully saturated rings. The zero-order valence-electron chi connectivity index (χ0n) is 36.6. The average Bonchev–Trinajstić information content (AvgIpc) is 3.16. The highest BCUT2D eigenvalue weighted by atomic mass is 16.5. The fraction of sp³-hybridized carbons (Fsp3) is 0.889. The number of ether oxygens (including phenoxy) is 1. The largest absolute Gasteiger partial charge is 0.481 e. The Balaban J connectivity index is -0.000000822. The van der Waals surface area contributed by atoms with Crippen LogP contribution in [-0.4, -0.2) is 90.5 Å². The second-order valence-corrected chi connectivity index (χ2v) is 15.8. The number of carbonyl (C=O) groups is 5. The van der Waals surface area contributed by atoms with Gasteiger partial charge in [0.1, 0.15) is 12.7 Å². The lowest BCUT2D eigenvalue weighted by molar-refractivity contribution is -0.170. The van der Waals surface area contributed by atoms with Crippen molar-refractivity contribution in [3.05, 3.63) is 0 Å². The minimum Gasteiger partial charge on any atom is -0.481 e. The molecule has 0 heterocycles. The summed E-state index contributed by atoms with van der Waals surface area (Å²) in [5.41, 5.74) is -2.74. The SMILES string of the molecule is CCCCCCCCCCCCCCCCCC(=O)O.CCCCCCCCCCCCCCCCCC(=O)OCC(O)CO.O=C(O)CC(O)(CC(=O)O)C(=O)O. The lowest BCUT2D eigenvalue weighted by Gasteiger charge is -2.18. The van der Waals surface area contributed by atoms with Gasteiger partial charge in [0.25, 0.3) is 0 Å². The number of aliphatic hydroxyl groups is 3. The maximum Gasteiger partial charge on any atom is 0.336 e. The summed E-state index contributed by atoms with van der Waals surface area (Å²) < 4.78 is 4.86. The van der Waals surface area contributed by atoms with Gasteiger partial charge in [-0.25, -0.2) is 4.79 Å². The minimum absolute atomic E-state index is 0.103. The molecule has 0 aliphatic rings. The van der Waals surface area contributed by atoms with E-state index in [2.05, 4.69) is 13.8 Å². The number of esters is 1. The molecule has 13 heteroatoms. The van der Waals surface area contributed by atoms with Crippen LogP contribution in [0.4, 0.5) is 0 Å². The Hall–Kier alpha value is -2.77. The monoisotopic (exact) mass is 835 g/mol. The number of carboxylic acid groups (broad SMARTS) is 4. The van der Waals surface area contributed by atoms with Crippen molar-refractivity contribution in [2.24, 2.45) is 0 Å². The molecule has 0 aromatic rings. The molecule has 1 unspecified atom stereocenters. The highest BCUT2D eigenvalue weighted by Crippen LogP contribution is 2.17. The van der Waals surface area contributed by atoms with E-state index < -0.39 is 48.4 Å². The number of carbonyl (C=O) groups excluding carboxylic acids is 1. The molecule has 0 aromatic carbocycles. The van der Waals surface area contributed by atoms with E-state index in [9.17, 15) is 24.0 Å². The zero-order chi connectivity index (χ0) is 44.1. The first-order valence-electron chi connectivity index (χ1n) is 22.8. The van der Waals surface area contributed by atoms with Crippen molar-refractivity contribution in [1.29, 1.82) is 0 Å². The van der Waals surface area contributed by atoms with Crippen LogP contribution in [0.1, 0.15) is 232 Å². The molecule has 0 saturated carbocycles. The Bertz CT molecular complexity index is 956. The van der Waals surface area contributed by atoms with Crippen molar-refractivity contribution in [2.75, 3.05) is 13.2 Å². The van der Waals surface area contributed by atoms with E-state index in [1.807, 2.05) is 0 Å². The van der Waals surface area contributed by atoms with Crippen LogP contribution < -0.4 is 0 Å². The van der Waals surface area contributed by atoms with E-state index in [1.165, 1.54) is 167 Å². The normalized spacial score (nSPS) is 11.5. The Morgan fingerprint density at radius 2 is 0.724 bits per heavy atom. The number of hydrogen-bond donors (Lipinski definition) is 7. The Morgan fingerprint density at radius 3 is 0.966 bits per heavy atom. The van der Waals surface area contributed by atoms with Crippen LogP contribution in [0.2, 0.25) is 0 Å². The van der Waals surface area contributed by atoms with Gasteiger partial charge in [-0.15, -0.1) is 0 Å². The Morgan fingerprint density at radius 1 is 0.448 bits per heavy atom. The molecule has 0 aromatic heterocycles. The summed E-state index contributed by atoms with van der Waals surface area (Å²) in [6, 6.07) is 0. The first kappa shape index (κ1) is 59.5. The van der Waals surface area contributed by atoms with Gasteiger partial charge >= 0.3 is 29.8 Å². The number of carboxylic acids is 4. The number of hydrogen-bond acceptors (Lipinski definition) is 9. The van der Waals surface area contributed by atoms with Crippen molar-refractivity contribution in [3.8, 4) is 0 Å². The molecule has 0 aliphatic heterocycles. The fourth-order valence-corrected chi connectivity index (χ4v) is 6.32. The van der Waals surface area contributed by atoms with Crippen molar-refractivity contribution in [3.63, 3.8) is 0 Å². The van der Waals surface area contributed by atoms with E-state index in [0.717, 1.165) is 25.7 Å². The molecule has 1 atom stereocenters. The van der Waals surface area contributed by atoms with Crippen LogP contribution in [0.5, 0.6) is 0 Å². The van der Waals surface area contributed by atoms with E-state index in [4.69, 9.17) is 40.5 Å². The quantitative estimate of drug-likeness (QED) is 0.0225. The Labute approximate surface area is 350 Å². The molecular weight excluding hydrogens is 748 g/mol. The van der Waals surface area contributed by atoms with Crippen LogP contribution in [0.15, 0.2) is 0 Å². The predicted molar refractivity (Wildman–Crippen MR) is 228 cm³/mol. The van der Waals surface area contributed by atoms with Crippen LogP contribution in [0, 0.1) is 0 Å². The molecule has 13 nitrogen and oxygen atoms in total. The summed E-state index contributed by atoms with van der Waals surface area (Å²) >= 11 is 0. The minimum atomic E-state index is -2.74. The van der Waals surface area contributed by atoms with Gasteiger partial charge in [0.15, 0.2) is 5.60 Å². The predicted octanol–water partition coefficient (Wildman–Crippen LogP) is 10.2. The maximum absolute atomic E-state index is 11.4. The topological polar surface area (TPSA) is 236 Å². The fourth-order valence-electron chi connectivity index (χ4n) is 6.32. The molecule has 0 amide bonds. The van der Waals surface area contributed by atoms with Gasteiger partial charge in [0.2, 0.25) is 0 Å². The first-order chi connectivity index (χ1) is 27.7. The molecule has 0 saturated heterocycles. The van der Waals surface area contributed by atoms with Gasteiger partial charge in [-0.3, -0.25) is 19.2 Å². The summed E-state index contributed by atoms with van der Waals surface area (Å²) in [6.45, 7) is 4.06. The zero-order valence-corrected chi connectivity index (χ0v) is 36.6. The van der Waals surface area contributed by atoms with Crippen molar-refractivity contribution < 1.29 is 64.5 Å². The van der Waals surface area contributed by atoms with Crippen molar-refractivity contribution >= 4 is 29.8 Å². The Kier molecular flexibility index (Phi) is 46.5. The molecule has 0 spiro atoms. The summed E-state index contributed by atoms with van der Waals surface area (Å²) in [5, 5.41) is 60.0. The summed E-state index contributed by atoms with van der Waals surface area (Å²) in [7, 11) is 0.